The Labute approximate surface area is 139 Å². The van der Waals surface area contributed by atoms with E-state index in [4.69, 9.17) is 0 Å². The molecule has 0 unspecified atom stereocenters. The van der Waals surface area contributed by atoms with Gasteiger partial charge in [-0.2, -0.15) is 0 Å². The van der Waals surface area contributed by atoms with Crippen molar-refractivity contribution >= 4 is 22.5 Å². The van der Waals surface area contributed by atoms with Gasteiger partial charge in [0, 0.05) is 0 Å². The van der Waals surface area contributed by atoms with Crippen LogP contribution in [0.5, 0.6) is 0 Å². The van der Waals surface area contributed by atoms with Crippen molar-refractivity contribution in [1.29, 1.82) is 0 Å². The summed E-state index contributed by atoms with van der Waals surface area (Å²) in [5.74, 6) is 0. The zero-order valence-electron chi connectivity index (χ0n) is 13.4. The normalized spacial score (nSPS) is 20.4. The monoisotopic (exact) mass is 318 g/mol. The Kier molecular flexibility index (Phi) is 3.58. The van der Waals surface area contributed by atoms with Crippen LogP contribution < -0.4 is 15.9 Å². The third-order valence-corrected chi connectivity index (χ3v) is 12.9. The van der Waals surface area contributed by atoms with Crippen molar-refractivity contribution in [3.05, 3.63) is 91.0 Å². The van der Waals surface area contributed by atoms with E-state index in [0.29, 0.717) is 0 Å². The first-order valence-corrected chi connectivity index (χ1v) is 11.1. The van der Waals surface area contributed by atoms with Crippen LogP contribution in [0.4, 0.5) is 0 Å². The van der Waals surface area contributed by atoms with Crippen LogP contribution in [-0.2, 0) is 0 Å². The van der Waals surface area contributed by atoms with Gasteiger partial charge in [-0.3, -0.25) is 0 Å². The molecule has 0 bridgehead atoms. The summed E-state index contributed by atoms with van der Waals surface area (Å²) in [6, 6.07) is 34.0. The van der Waals surface area contributed by atoms with Crippen LogP contribution in [-0.4, -0.2) is 12.3 Å². The van der Waals surface area contributed by atoms with E-state index in [1.165, 1.54) is 25.2 Å². The van der Waals surface area contributed by atoms with E-state index < -0.39 is 6.60 Å². The molecular formula is C22H23P. The first kappa shape index (κ1) is 14.7. The molecule has 0 radical (unpaired) electrons. The van der Waals surface area contributed by atoms with Crippen LogP contribution in [0.3, 0.4) is 0 Å². The van der Waals surface area contributed by atoms with Crippen molar-refractivity contribution in [3.8, 4) is 0 Å². The van der Waals surface area contributed by atoms with Crippen molar-refractivity contribution in [2.75, 3.05) is 12.3 Å². The minimum atomic E-state index is -2.31. The molecule has 0 spiro atoms. The summed E-state index contributed by atoms with van der Waals surface area (Å²) in [6.45, 7) is -2.31. The number of hydrogen-bond donors (Lipinski definition) is 0. The summed E-state index contributed by atoms with van der Waals surface area (Å²) < 4.78 is 0. The van der Waals surface area contributed by atoms with E-state index in [9.17, 15) is 0 Å². The Morgan fingerprint density at radius 3 is 1.04 bits per heavy atom. The molecule has 0 atom stereocenters. The molecule has 3 aromatic rings. The molecule has 1 heterocycles. The fraction of sp³-hybridized carbons (Fsp3) is 0.182. The Bertz CT molecular complexity index is 669. The van der Waals surface area contributed by atoms with Gasteiger partial charge in [-0.1, -0.05) is 0 Å². The molecule has 1 saturated heterocycles. The van der Waals surface area contributed by atoms with Gasteiger partial charge in [0.1, 0.15) is 0 Å². The second kappa shape index (κ2) is 5.62. The van der Waals surface area contributed by atoms with Gasteiger partial charge in [0.15, 0.2) is 0 Å². The number of benzene rings is 3. The van der Waals surface area contributed by atoms with Crippen molar-refractivity contribution < 1.29 is 0 Å². The van der Waals surface area contributed by atoms with Crippen molar-refractivity contribution in [3.63, 3.8) is 0 Å². The van der Waals surface area contributed by atoms with E-state index >= 15 is 0 Å². The van der Waals surface area contributed by atoms with Gasteiger partial charge in [0.2, 0.25) is 0 Å². The Balaban J connectivity index is 2.12. The van der Waals surface area contributed by atoms with Gasteiger partial charge in [-0.25, -0.2) is 0 Å². The fourth-order valence-corrected chi connectivity index (χ4v) is 11.8. The predicted molar refractivity (Wildman–Crippen MR) is 104 cm³/mol. The molecule has 1 fully saturated rings. The molecule has 116 valence electrons. The van der Waals surface area contributed by atoms with E-state index in [-0.39, 0.29) is 0 Å². The van der Waals surface area contributed by atoms with Crippen molar-refractivity contribution in [2.24, 2.45) is 0 Å². The third kappa shape index (κ3) is 2.02. The molecular weight excluding hydrogens is 295 g/mol. The molecule has 0 nitrogen and oxygen atoms in total. The van der Waals surface area contributed by atoms with Crippen LogP contribution in [0.2, 0.25) is 0 Å². The third-order valence-electron chi connectivity index (χ3n) is 5.69. The maximum absolute atomic E-state index is 2.38. The predicted octanol–water partition coefficient (Wildman–Crippen LogP) is 4.31. The molecule has 0 amide bonds. The summed E-state index contributed by atoms with van der Waals surface area (Å²) in [7, 11) is 0. The standard InChI is InChI=1S/C22H23P/c1-4-12-20(13-5-1)23(18-10-11-19-23,21-14-6-2-7-15-21)22-16-8-3-9-17-22/h1-9,12-17H,10-11,18-19H2. The number of hydrogen-bond acceptors (Lipinski definition) is 0. The van der Waals surface area contributed by atoms with Gasteiger partial charge in [0.25, 0.3) is 0 Å². The summed E-state index contributed by atoms with van der Waals surface area (Å²) in [4.78, 5) is 0. The second-order valence-electron chi connectivity index (χ2n) is 6.67. The fourth-order valence-electron chi connectivity index (χ4n) is 4.62. The quantitative estimate of drug-likeness (QED) is 0.631. The summed E-state index contributed by atoms with van der Waals surface area (Å²) >= 11 is 0. The van der Waals surface area contributed by atoms with Crippen molar-refractivity contribution in [1.82, 2.24) is 0 Å². The first-order chi connectivity index (χ1) is 11.4. The van der Waals surface area contributed by atoms with Gasteiger partial charge < -0.3 is 0 Å². The zero-order valence-corrected chi connectivity index (χ0v) is 14.3. The van der Waals surface area contributed by atoms with Gasteiger partial charge in [-0.15, -0.1) is 0 Å². The summed E-state index contributed by atoms with van der Waals surface area (Å²) in [5.41, 5.74) is 0. The average molecular weight is 318 g/mol. The zero-order chi connectivity index (χ0) is 15.6. The molecule has 0 aliphatic carbocycles. The van der Waals surface area contributed by atoms with Crippen LogP contribution in [0.15, 0.2) is 91.0 Å². The molecule has 1 aliphatic rings. The molecule has 1 heteroatoms. The molecule has 0 saturated carbocycles. The molecule has 4 rings (SSSR count). The SMILES string of the molecule is c1ccc(P2(c3ccccc3)(c3ccccc3)CCCC2)cc1. The minimum absolute atomic E-state index is 1.31. The van der Waals surface area contributed by atoms with Crippen LogP contribution in [0, 0.1) is 0 Å². The molecule has 0 aromatic heterocycles. The van der Waals surface area contributed by atoms with E-state index in [2.05, 4.69) is 91.0 Å². The second-order valence-corrected chi connectivity index (χ2v) is 12.1. The Hall–Kier alpha value is -1.91. The summed E-state index contributed by atoms with van der Waals surface area (Å²) in [6.07, 6.45) is 5.28. The van der Waals surface area contributed by atoms with Gasteiger partial charge in [0.05, 0.1) is 0 Å². The van der Waals surface area contributed by atoms with Gasteiger partial charge in [-0.05, 0) is 0 Å². The van der Waals surface area contributed by atoms with Crippen LogP contribution >= 0.6 is 6.60 Å². The van der Waals surface area contributed by atoms with E-state index in [1.54, 1.807) is 15.9 Å². The molecule has 1 aliphatic heterocycles. The number of rotatable bonds is 3. The topological polar surface area (TPSA) is 0 Å². The molecule has 23 heavy (non-hydrogen) atoms. The average Bonchev–Trinajstić information content (AvgIpc) is 3.12. The van der Waals surface area contributed by atoms with Crippen LogP contribution in [0.1, 0.15) is 12.8 Å². The van der Waals surface area contributed by atoms with Gasteiger partial charge >= 0.3 is 139 Å². The van der Waals surface area contributed by atoms with Crippen molar-refractivity contribution in [2.45, 2.75) is 12.8 Å². The summed E-state index contributed by atoms with van der Waals surface area (Å²) in [5, 5.41) is 4.69. The first-order valence-electron chi connectivity index (χ1n) is 8.54. The Morgan fingerprint density at radius 1 is 0.435 bits per heavy atom. The van der Waals surface area contributed by atoms with E-state index in [0.717, 1.165) is 0 Å². The van der Waals surface area contributed by atoms with E-state index in [1.807, 2.05) is 0 Å². The Morgan fingerprint density at radius 2 is 0.739 bits per heavy atom. The van der Waals surface area contributed by atoms with Crippen LogP contribution in [0.25, 0.3) is 0 Å². The maximum atomic E-state index is 2.38. The molecule has 3 aromatic carbocycles. The molecule has 0 N–H and O–H groups in total.